The molecule has 0 aliphatic carbocycles. The van der Waals surface area contributed by atoms with Gasteiger partial charge in [-0.05, 0) is 38.0 Å². The first kappa shape index (κ1) is 16.0. The summed E-state index contributed by atoms with van der Waals surface area (Å²) in [7, 11) is 0. The smallest absolute Gasteiger partial charge is 0.305 e. The Morgan fingerprint density at radius 2 is 1.95 bits per heavy atom. The van der Waals surface area contributed by atoms with Gasteiger partial charge in [-0.15, -0.1) is 0 Å². The molecule has 5 heteroatoms. The van der Waals surface area contributed by atoms with E-state index in [2.05, 4.69) is 5.32 Å². The molecule has 0 heterocycles. The fourth-order valence-corrected chi connectivity index (χ4v) is 1.84. The molecule has 0 radical (unpaired) electrons. The standard InChI is InChI=1S/C15H21NO4/c1-3-20-13-7-4-12(5-8-13)6-9-14(17)16-11(2)10-15(18)19/h4-5,7-8,11H,3,6,9-10H2,1-2H3,(H,16,17)(H,18,19). The molecule has 0 bridgehead atoms. The van der Waals surface area contributed by atoms with Crippen molar-refractivity contribution in [1.29, 1.82) is 0 Å². The number of carboxylic acid groups (broad SMARTS) is 1. The number of carboxylic acids is 1. The molecule has 0 saturated carbocycles. The highest BCUT2D eigenvalue weighted by atomic mass is 16.5. The van der Waals surface area contributed by atoms with Gasteiger partial charge < -0.3 is 15.2 Å². The summed E-state index contributed by atoms with van der Waals surface area (Å²) in [5.41, 5.74) is 1.05. The Kier molecular flexibility index (Phi) is 6.56. The van der Waals surface area contributed by atoms with Crippen LogP contribution >= 0.6 is 0 Å². The number of carbonyl (C=O) groups is 2. The van der Waals surface area contributed by atoms with Crippen LogP contribution in [0.4, 0.5) is 0 Å². The number of aliphatic carboxylic acids is 1. The van der Waals surface area contributed by atoms with E-state index in [1.807, 2.05) is 31.2 Å². The summed E-state index contributed by atoms with van der Waals surface area (Å²) in [5, 5.41) is 11.3. The summed E-state index contributed by atoms with van der Waals surface area (Å²) < 4.78 is 5.34. The lowest BCUT2D eigenvalue weighted by Crippen LogP contribution is -2.34. The third kappa shape index (κ3) is 6.22. The first-order chi connectivity index (χ1) is 9.51. The van der Waals surface area contributed by atoms with Crippen LogP contribution in [-0.2, 0) is 16.0 Å². The minimum absolute atomic E-state index is 0.0607. The number of amides is 1. The Bertz CT molecular complexity index is 442. The van der Waals surface area contributed by atoms with Crippen LogP contribution in [0.1, 0.15) is 32.3 Å². The van der Waals surface area contributed by atoms with Gasteiger partial charge in [0.25, 0.3) is 0 Å². The SMILES string of the molecule is CCOc1ccc(CCC(=O)NC(C)CC(=O)O)cc1. The largest absolute Gasteiger partial charge is 0.494 e. The fraction of sp³-hybridized carbons (Fsp3) is 0.467. The number of aryl methyl sites for hydroxylation is 1. The number of hydrogen-bond donors (Lipinski definition) is 2. The molecule has 0 fully saturated rings. The third-order valence-electron chi connectivity index (χ3n) is 2.76. The van der Waals surface area contributed by atoms with Crippen molar-refractivity contribution in [1.82, 2.24) is 5.32 Å². The van der Waals surface area contributed by atoms with Gasteiger partial charge in [0, 0.05) is 12.5 Å². The molecule has 0 aliphatic heterocycles. The first-order valence-corrected chi connectivity index (χ1v) is 6.74. The summed E-state index contributed by atoms with van der Waals surface area (Å²) in [6.07, 6.45) is 0.908. The molecular formula is C15H21NO4. The average Bonchev–Trinajstić information content (AvgIpc) is 2.37. The van der Waals surface area contributed by atoms with E-state index in [9.17, 15) is 9.59 Å². The minimum Gasteiger partial charge on any atom is -0.494 e. The van der Waals surface area contributed by atoms with Gasteiger partial charge in [-0.25, -0.2) is 0 Å². The number of rotatable bonds is 8. The molecule has 0 aromatic heterocycles. The number of benzene rings is 1. The number of nitrogens with one attached hydrogen (secondary N) is 1. The van der Waals surface area contributed by atoms with Crippen molar-refractivity contribution in [3.63, 3.8) is 0 Å². The van der Waals surface area contributed by atoms with E-state index in [4.69, 9.17) is 9.84 Å². The van der Waals surface area contributed by atoms with Crippen molar-refractivity contribution < 1.29 is 19.4 Å². The van der Waals surface area contributed by atoms with Crippen LogP contribution in [0.5, 0.6) is 5.75 Å². The Morgan fingerprint density at radius 1 is 1.30 bits per heavy atom. The Labute approximate surface area is 118 Å². The molecular weight excluding hydrogens is 258 g/mol. The summed E-state index contributed by atoms with van der Waals surface area (Å²) >= 11 is 0. The third-order valence-corrected chi connectivity index (χ3v) is 2.76. The molecule has 0 aliphatic rings. The van der Waals surface area contributed by atoms with E-state index in [-0.39, 0.29) is 18.4 Å². The van der Waals surface area contributed by atoms with Crippen LogP contribution in [0.2, 0.25) is 0 Å². The number of ether oxygens (including phenoxy) is 1. The molecule has 2 N–H and O–H groups in total. The molecule has 0 spiro atoms. The Morgan fingerprint density at radius 3 is 2.50 bits per heavy atom. The van der Waals surface area contributed by atoms with Gasteiger partial charge in [0.2, 0.25) is 5.91 Å². The second-order valence-corrected chi connectivity index (χ2v) is 4.64. The van der Waals surface area contributed by atoms with Crippen LogP contribution in [0.25, 0.3) is 0 Å². The second kappa shape index (κ2) is 8.19. The monoisotopic (exact) mass is 279 g/mol. The Hall–Kier alpha value is -2.04. The zero-order valence-electron chi connectivity index (χ0n) is 11.9. The maximum absolute atomic E-state index is 11.6. The van der Waals surface area contributed by atoms with Crippen molar-refractivity contribution in [2.24, 2.45) is 0 Å². The predicted molar refractivity (Wildman–Crippen MR) is 75.8 cm³/mol. The molecule has 1 rings (SSSR count). The van der Waals surface area contributed by atoms with Crippen LogP contribution in [0, 0.1) is 0 Å². The van der Waals surface area contributed by atoms with E-state index in [0.717, 1.165) is 11.3 Å². The normalized spacial score (nSPS) is 11.7. The van der Waals surface area contributed by atoms with Gasteiger partial charge >= 0.3 is 5.97 Å². The molecule has 1 amide bonds. The number of hydrogen-bond acceptors (Lipinski definition) is 3. The summed E-state index contributed by atoms with van der Waals surface area (Å²) in [6, 6.07) is 7.27. The molecule has 1 aromatic carbocycles. The predicted octanol–water partition coefficient (Wildman–Crippen LogP) is 2.00. The molecule has 1 unspecified atom stereocenters. The van der Waals surface area contributed by atoms with E-state index in [1.165, 1.54) is 0 Å². The fourth-order valence-electron chi connectivity index (χ4n) is 1.84. The lowest BCUT2D eigenvalue weighted by atomic mass is 10.1. The summed E-state index contributed by atoms with van der Waals surface area (Å²) in [4.78, 5) is 22.1. The average molecular weight is 279 g/mol. The molecule has 5 nitrogen and oxygen atoms in total. The maximum Gasteiger partial charge on any atom is 0.305 e. The molecule has 0 saturated heterocycles. The van der Waals surface area contributed by atoms with Crippen LogP contribution in [0.3, 0.4) is 0 Å². The van der Waals surface area contributed by atoms with E-state index in [0.29, 0.717) is 19.4 Å². The molecule has 1 aromatic rings. The van der Waals surface area contributed by atoms with Gasteiger partial charge in [0.05, 0.1) is 13.0 Å². The lowest BCUT2D eigenvalue weighted by molar-refractivity contribution is -0.137. The highest BCUT2D eigenvalue weighted by Crippen LogP contribution is 2.13. The van der Waals surface area contributed by atoms with Crippen molar-refractivity contribution in [2.75, 3.05) is 6.61 Å². The van der Waals surface area contributed by atoms with Gasteiger partial charge in [-0.3, -0.25) is 9.59 Å². The van der Waals surface area contributed by atoms with Gasteiger partial charge in [-0.1, -0.05) is 12.1 Å². The van der Waals surface area contributed by atoms with E-state index >= 15 is 0 Å². The van der Waals surface area contributed by atoms with Gasteiger partial charge in [-0.2, -0.15) is 0 Å². The van der Waals surface area contributed by atoms with Crippen LogP contribution in [-0.4, -0.2) is 29.6 Å². The topological polar surface area (TPSA) is 75.6 Å². The van der Waals surface area contributed by atoms with Crippen molar-refractivity contribution in [2.45, 2.75) is 39.2 Å². The van der Waals surface area contributed by atoms with E-state index in [1.54, 1.807) is 6.92 Å². The molecule has 1 atom stereocenters. The molecule has 20 heavy (non-hydrogen) atoms. The van der Waals surface area contributed by atoms with Crippen molar-refractivity contribution >= 4 is 11.9 Å². The summed E-state index contributed by atoms with van der Waals surface area (Å²) in [6.45, 7) is 4.24. The van der Waals surface area contributed by atoms with Crippen LogP contribution < -0.4 is 10.1 Å². The first-order valence-electron chi connectivity index (χ1n) is 6.74. The Balaban J connectivity index is 2.35. The quantitative estimate of drug-likeness (QED) is 0.763. The molecule has 110 valence electrons. The minimum atomic E-state index is -0.913. The van der Waals surface area contributed by atoms with E-state index < -0.39 is 5.97 Å². The highest BCUT2D eigenvalue weighted by Gasteiger charge is 2.10. The second-order valence-electron chi connectivity index (χ2n) is 4.64. The van der Waals surface area contributed by atoms with Crippen LogP contribution in [0.15, 0.2) is 24.3 Å². The highest BCUT2D eigenvalue weighted by molar-refractivity contribution is 5.77. The maximum atomic E-state index is 11.6. The van der Waals surface area contributed by atoms with Crippen molar-refractivity contribution in [3.8, 4) is 5.75 Å². The zero-order valence-corrected chi connectivity index (χ0v) is 11.9. The van der Waals surface area contributed by atoms with Gasteiger partial charge in [0.15, 0.2) is 0 Å². The lowest BCUT2D eigenvalue weighted by Gasteiger charge is -2.11. The van der Waals surface area contributed by atoms with Gasteiger partial charge in [0.1, 0.15) is 5.75 Å². The van der Waals surface area contributed by atoms with Crippen molar-refractivity contribution in [3.05, 3.63) is 29.8 Å². The number of carbonyl (C=O) groups excluding carboxylic acids is 1. The zero-order chi connectivity index (χ0) is 15.0. The summed E-state index contributed by atoms with van der Waals surface area (Å²) in [5.74, 6) is -0.229.